The summed E-state index contributed by atoms with van der Waals surface area (Å²) < 4.78 is 85.5. The lowest BCUT2D eigenvalue weighted by Crippen LogP contribution is -2.38. The van der Waals surface area contributed by atoms with Gasteiger partial charge in [-0.05, 0) is 18.2 Å². The van der Waals surface area contributed by atoms with Gasteiger partial charge in [-0.2, -0.15) is 4.39 Å². The number of methoxy groups -OCH3 is 1. The highest BCUT2D eigenvalue weighted by Crippen LogP contribution is 2.42. The van der Waals surface area contributed by atoms with E-state index < -0.39 is 57.8 Å². The fourth-order valence-electron chi connectivity index (χ4n) is 2.25. The monoisotopic (exact) mass is 448 g/mol. The highest BCUT2D eigenvalue weighted by molar-refractivity contribution is 6.58. The number of benzene rings is 2. The molecule has 158 valence electrons. The maximum atomic E-state index is 14.8. The van der Waals surface area contributed by atoms with Gasteiger partial charge in [-0.3, -0.25) is 0 Å². The summed E-state index contributed by atoms with van der Waals surface area (Å²) in [6.07, 6.45) is -5.16. The normalized spacial score (nSPS) is 11.7. The quantitative estimate of drug-likeness (QED) is 0.385. The maximum Gasteiger partial charge on any atom is 0.573 e. The van der Waals surface area contributed by atoms with Gasteiger partial charge >= 0.3 is 12.3 Å². The minimum atomic E-state index is -5.16. The first-order valence-corrected chi connectivity index (χ1v) is 8.62. The average molecular weight is 448 g/mol. The average Bonchev–Trinajstić information content (AvgIpc) is 2.57. The molecule has 0 aromatic heterocycles. The summed E-state index contributed by atoms with van der Waals surface area (Å²) in [5.74, 6) is -6.55. The van der Waals surface area contributed by atoms with Crippen molar-refractivity contribution in [2.75, 3.05) is 7.11 Å². The first-order valence-electron chi connectivity index (χ1n) is 8.24. The first kappa shape index (κ1) is 23.7. The van der Waals surface area contributed by atoms with Gasteiger partial charge in [-0.15, -0.1) is 13.2 Å². The summed E-state index contributed by atoms with van der Waals surface area (Å²) in [5.41, 5.74) is -0.653. The molecule has 0 atom stereocenters. The molecule has 0 fully saturated rings. The molecular weight excluding hydrogens is 435 g/mol. The Bertz CT molecular complexity index is 966. The van der Waals surface area contributed by atoms with Crippen molar-refractivity contribution in [1.29, 1.82) is 0 Å². The van der Waals surface area contributed by atoms with Gasteiger partial charge < -0.3 is 18.9 Å². The van der Waals surface area contributed by atoms with Crippen LogP contribution in [-0.2, 0) is 4.74 Å². The summed E-state index contributed by atoms with van der Waals surface area (Å²) in [6, 6.07) is 3.43. The summed E-state index contributed by atoms with van der Waals surface area (Å²) in [4.78, 5) is 11.9. The predicted molar refractivity (Wildman–Crippen MR) is 105 cm³/mol. The number of carbonyl (C=O) groups is 1. The molecule has 2 aromatic rings. The van der Waals surface area contributed by atoms with E-state index >= 15 is 0 Å². The molecular formula is C16H13B3ClF5O5. The molecule has 14 heteroatoms. The third-order valence-corrected chi connectivity index (χ3v) is 3.51. The summed E-state index contributed by atoms with van der Waals surface area (Å²) in [6.45, 7) is 0. The van der Waals surface area contributed by atoms with Crippen LogP contribution in [0.5, 0.6) is 23.0 Å². The van der Waals surface area contributed by atoms with E-state index in [1.165, 1.54) is 23.5 Å². The van der Waals surface area contributed by atoms with Gasteiger partial charge in [0, 0.05) is 16.4 Å². The summed E-state index contributed by atoms with van der Waals surface area (Å²) >= 11 is 5.79. The van der Waals surface area contributed by atoms with Gasteiger partial charge in [0.25, 0.3) is 0 Å². The Morgan fingerprint density at radius 1 is 1.00 bits per heavy atom. The Labute approximate surface area is 175 Å². The summed E-state index contributed by atoms with van der Waals surface area (Å²) in [5, 5.41) is -1.23. The molecule has 2 aromatic carbocycles. The third kappa shape index (κ3) is 5.98. The number of rotatable bonds is 6. The van der Waals surface area contributed by atoms with Crippen molar-refractivity contribution in [1.82, 2.24) is 0 Å². The molecule has 0 bridgehead atoms. The van der Waals surface area contributed by atoms with Crippen LogP contribution in [0.2, 0.25) is 5.02 Å². The molecule has 2 rings (SSSR count). The van der Waals surface area contributed by atoms with E-state index in [1.54, 1.807) is 0 Å². The SMILES string of the molecule is BC(B)(B)Oc1c(Oc2cc(Cl)cc(F)c2C(=O)OC)ccc(OC(F)(F)F)c1F. The van der Waals surface area contributed by atoms with E-state index in [1.807, 2.05) is 0 Å². The Hall–Kier alpha value is -2.56. The molecule has 5 nitrogen and oxygen atoms in total. The van der Waals surface area contributed by atoms with Crippen molar-refractivity contribution >= 4 is 41.1 Å². The molecule has 0 aliphatic heterocycles. The smallest absolute Gasteiger partial charge is 0.508 e. The van der Waals surface area contributed by atoms with Gasteiger partial charge in [0.05, 0.1) is 7.11 Å². The molecule has 0 spiro atoms. The van der Waals surface area contributed by atoms with E-state index in [9.17, 15) is 26.7 Å². The lowest BCUT2D eigenvalue weighted by Gasteiger charge is -2.25. The van der Waals surface area contributed by atoms with Crippen molar-refractivity contribution in [2.24, 2.45) is 0 Å². The number of carbonyl (C=O) groups excluding carboxylic acids is 1. The molecule has 0 heterocycles. The lowest BCUT2D eigenvalue weighted by molar-refractivity contribution is -0.275. The second-order valence-electron chi connectivity index (χ2n) is 6.82. The zero-order chi connectivity index (χ0) is 22.9. The van der Waals surface area contributed by atoms with Gasteiger partial charge in [0.1, 0.15) is 40.7 Å². The highest BCUT2D eigenvalue weighted by atomic mass is 35.5. The topological polar surface area (TPSA) is 54.0 Å². The van der Waals surface area contributed by atoms with E-state index in [2.05, 4.69) is 9.47 Å². The van der Waals surface area contributed by atoms with E-state index in [4.69, 9.17) is 21.1 Å². The molecule has 0 aliphatic carbocycles. The molecule has 0 radical (unpaired) electrons. The highest BCUT2D eigenvalue weighted by Gasteiger charge is 2.34. The second-order valence-corrected chi connectivity index (χ2v) is 7.26. The van der Waals surface area contributed by atoms with Crippen molar-refractivity contribution < 1.29 is 45.7 Å². The van der Waals surface area contributed by atoms with Crippen LogP contribution in [0, 0.1) is 11.6 Å². The van der Waals surface area contributed by atoms with Crippen LogP contribution >= 0.6 is 11.6 Å². The van der Waals surface area contributed by atoms with Gasteiger partial charge in [0.2, 0.25) is 5.82 Å². The molecule has 30 heavy (non-hydrogen) atoms. The number of esters is 1. The Kier molecular flexibility index (Phi) is 6.85. The van der Waals surface area contributed by atoms with Gasteiger partial charge in [-0.25, -0.2) is 9.18 Å². The number of hydrogen-bond donors (Lipinski definition) is 0. The lowest BCUT2D eigenvalue weighted by atomic mass is 9.52. The third-order valence-electron chi connectivity index (χ3n) is 3.29. The summed E-state index contributed by atoms with van der Waals surface area (Å²) in [7, 11) is 5.52. The van der Waals surface area contributed by atoms with Crippen LogP contribution in [0.15, 0.2) is 24.3 Å². The first-order chi connectivity index (χ1) is 13.7. The zero-order valence-electron chi connectivity index (χ0n) is 16.1. The molecule has 0 saturated heterocycles. The van der Waals surface area contributed by atoms with Crippen molar-refractivity contribution in [3.05, 3.63) is 46.5 Å². The molecule has 0 unspecified atom stereocenters. The van der Waals surface area contributed by atoms with Crippen molar-refractivity contribution in [3.63, 3.8) is 0 Å². The Balaban J connectivity index is 2.62. The molecule has 0 amide bonds. The van der Waals surface area contributed by atoms with Crippen LogP contribution in [-0.4, -0.2) is 48.3 Å². The van der Waals surface area contributed by atoms with Crippen LogP contribution in [0.3, 0.4) is 0 Å². The largest absolute Gasteiger partial charge is 0.573 e. The molecule has 0 aliphatic rings. The maximum absolute atomic E-state index is 14.8. The standard InChI is InChI=1S/C16H13B3ClF5O5/c1-27-14(26)11-7(21)4-6(20)5-10(11)28-9-3-2-8(29-16(23,24)25)12(22)13(9)30-15(17,18)19/h2-5H,17-19H2,1H3. The fourth-order valence-corrected chi connectivity index (χ4v) is 2.45. The zero-order valence-corrected chi connectivity index (χ0v) is 16.9. The van der Waals surface area contributed by atoms with E-state index in [0.717, 1.165) is 25.3 Å². The van der Waals surface area contributed by atoms with Crippen LogP contribution < -0.4 is 14.2 Å². The van der Waals surface area contributed by atoms with Crippen LogP contribution in [0.25, 0.3) is 0 Å². The predicted octanol–water partition coefficient (Wildman–Crippen LogP) is 1.99. The fraction of sp³-hybridized carbons (Fsp3) is 0.188. The molecule has 0 N–H and O–H groups in total. The number of hydrogen-bond acceptors (Lipinski definition) is 5. The van der Waals surface area contributed by atoms with Gasteiger partial charge in [0.15, 0.2) is 17.2 Å². The van der Waals surface area contributed by atoms with Crippen molar-refractivity contribution in [2.45, 2.75) is 11.7 Å². The Morgan fingerprint density at radius 2 is 1.60 bits per heavy atom. The van der Waals surface area contributed by atoms with Crippen molar-refractivity contribution in [3.8, 4) is 23.0 Å². The Morgan fingerprint density at radius 3 is 2.13 bits per heavy atom. The van der Waals surface area contributed by atoms with Gasteiger partial charge in [-0.1, -0.05) is 11.6 Å². The van der Waals surface area contributed by atoms with E-state index in [0.29, 0.717) is 6.07 Å². The number of alkyl halides is 3. The number of halogens is 6. The van der Waals surface area contributed by atoms with Crippen LogP contribution in [0.1, 0.15) is 10.4 Å². The van der Waals surface area contributed by atoms with Crippen LogP contribution in [0.4, 0.5) is 22.0 Å². The number of ether oxygens (including phenoxy) is 4. The second kappa shape index (κ2) is 8.67. The van der Waals surface area contributed by atoms with E-state index in [-0.39, 0.29) is 5.02 Å². The molecule has 0 saturated carbocycles. The minimum absolute atomic E-state index is 0.161. The minimum Gasteiger partial charge on any atom is -0.508 e.